The van der Waals surface area contributed by atoms with Gasteiger partial charge in [-0.2, -0.15) is 9.97 Å². The fraction of sp³-hybridized carbons (Fsp3) is 0.621. The number of aromatic nitrogens is 4. The number of likely N-dealkylation sites (tertiary alicyclic amines) is 2. The molecule has 0 radical (unpaired) electrons. The molecule has 0 bridgehead atoms. The lowest BCUT2D eigenvalue weighted by Crippen LogP contribution is -2.70. The first-order chi connectivity index (χ1) is 18.6. The van der Waals surface area contributed by atoms with Gasteiger partial charge < -0.3 is 25.2 Å². The molecule has 3 aromatic rings. The van der Waals surface area contributed by atoms with Crippen molar-refractivity contribution in [3.8, 4) is 0 Å². The number of anilines is 3. The zero-order valence-electron chi connectivity index (χ0n) is 22.7. The summed E-state index contributed by atoms with van der Waals surface area (Å²) in [5.41, 5.74) is 4.66. The van der Waals surface area contributed by atoms with Gasteiger partial charge in [-0.05, 0) is 50.4 Å². The summed E-state index contributed by atoms with van der Waals surface area (Å²) in [6.07, 6.45) is 10.9. The Morgan fingerprint density at radius 3 is 2.47 bits per heavy atom. The van der Waals surface area contributed by atoms with Crippen molar-refractivity contribution < 1.29 is 5.11 Å². The van der Waals surface area contributed by atoms with Crippen LogP contribution in [0, 0.1) is 5.41 Å². The van der Waals surface area contributed by atoms with Crippen LogP contribution in [0.25, 0.3) is 11.2 Å². The van der Waals surface area contributed by atoms with Crippen molar-refractivity contribution in [1.82, 2.24) is 29.3 Å². The summed E-state index contributed by atoms with van der Waals surface area (Å²) < 4.78 is 2.25. The van der Waals surface area contributed by atoms with E-state index < -0.39 is 0 Å². The molecule has 1 aromatic carbocycles. The number of nitrogens with zero attached hydrogens (tertiary/aromatic N) is 6. The molecule has 1 spiro atoms. The number of imidazole rings is 1. The van der Waals surface area contributed by atoms with Gasteiger partial charge in [0.2, 0.25) is 5.95 Å². The van der Waals surface area contributed by atoms with E-state index in [1.165, 1.54) is 57.4 Å². The number of hydrogen-bond donors (Lipinski definition) is 3. The highest BCUT2D eigenvalue weighted by molar-refractivity contribution is 5.86. The molecule has 0 amide bonds. The van der Waals surface area contributed by atoms with Gasteiger partial charge in [0.25, 0.3) is 0 Å². The molecular formula is C29H42N8O. The van der Waals surface area contributed by atoms with Crippen molar-refractivity contribution in [2.75, 3.05) is 57.0 Å². The van der Waals surface area contributed by atoms with Crippen LogP contribution in [0.2, 0.25) is 0 Å². The molecule has 0 atom stereocenters. The van der Waals surface area contributed by atoms with Crippen molar-refractivity contribution in [2.45, 2.75) is 64.0 Å². The maximum atomic E-state index is 9.00. The van der Waals surface area contributed by atoms with Gasteiger partial charge in [-0.15, -0.1) is 0 Å². The van der Waals surface area contributed by atoms with E-state index in [1.807, 2.05) is 6.33 Å². The van der Waals surface area contributed by atoms with Crippen LogP contribution < -0.4 is 10.6 Å². The molecule has 0 unspecified atom stereocenters. The van der Waals surface area contributed by atoms with E-state index in [1.54, 1.807) is 0 Å². The highest BCUT2D eigenvalue weighted by Gasteiger charge is 2.49. The van der Waals surface area contributed by atoms with Crippen LogP contribution in [-0.2, 0) is 6.54 Å². The second-order valence-electron chi connectivity index (χ2n) is 11.9. The van der Waals surface area contributed by atoms with Crippen LogP contribution in [0.4, 0.5) is 17.5 Å². The highest BCUT2D eigenvalue weighted by Crippen LogP contribution is 2.39. The quantitative estimate of drug-likeness (QED) is 0.304. The minimum absolute atomic E-state index is 0.269. The van der Waals surface area contributed by atoms with E-state index in [2.05, 4.69) is 56.3 Å². The number of fused-ring (bicyclic) bond motifs is 1. The van der Waals surface area contributed by atoms with E-state index in [0.717, 1.165) is 61.4 Å². The zero-order valence-corrected chi connectivity index (χ0v) is 22.7. The van der Waals surface area contributed by atoms with Gasteiger partial charge in [-0.25, -0.2) is 4.98 Å². The minimum Gasteiger partial charge on any atom is -0.396 e. The number of rotatable bonds is 12. The summed E-state index contributed by atoms with van der Waals surface area (Å²) in [6.45, 7) is 7.03. The molecule has 4 heterocycles. The predicted molar refractivity (Wildman–Crippen MR) is 152 cm³/mol. The third-order valence-electron chi connectivity index (χ3n) is 8.46. The van der Waals surface area contributed by atoms with Crippen molar-refractivity contribution in [2.24, 2.45) is 5.41 Å². The minimum atomic E-state index is 0.269. The molecule has 3 fully saturated rings. The predicted octanol–water partition coefficient (Wildman–Crippen LogP) is 4.40. The Labute approximate surface area is 225 Å². The molecule has 1 saturated carbocycles. The van der Waals surface area contributed by atoms with Gasteiger partial charge in [0.1, 0.15) is 0 Å². The maximum Gasteiger partial charge on any atom is 0.226 e. The average Bonchev–Trinajstić information content (AvgIpc) is 3.55. The number of aliphatic hydroxyl groups excluding tert-OH is 1. The Bertz CT molecular complexity index is 1210. The molecule has 2 aliphatic heterocycles. The van der Waals surface area contributed by atoms with E-state index in [-0.39, 0.29) is 6.61 Å². The molecule has 204 valence electrons. The van der Waals surface area contributed by atoms with Crippen LogP contribution in [0.15, 0.2) is 30.6 Å². The van der Waals surface area contributed by atoms with Crippen molar-refractivity contribution in [3.05, 3.63) is 36.2 Å². The van der Waals surface area contributed by atoms with Crippen molar-refractivity contribution in [3.63, 3.8) is 0 Å². The Balaban J connectivity index is 1.14. The molecule has 38 heavy (non-hydrogen) atoms. The van der Waals surface area contributed by atoms with E-state index >= 15 is 0 Å². The number of benzene rings is 1. The van der Waals surface area contributed by atoms with Crippen LogP contribution in [0.5, 0.6) is 0 Å². The Morgan fingerprint density at radius 2 is 1.74 bits per heavy atom. The summed E-state index contributed by atoms with van der Waals surface area (Å²) in [4.78, 5) is 19.5. The fourth-order valence-electron chi connectivity index (χ4n) is 6.72. The van der Waals surface area contributed by atoms with Gasteiger partial charge in [0.15, 0.2) is 17.0 Å². The van der Waals surface area contributed by atoms with Gasteiger partial charge in [-0.3, -0.25) is 4.90 Å². The Kier molecular flexibility index (Phi) is 7.50. The second kappa shape index (κ2) is 11.2. The largest absolute Gasteiger partial charge is 0.396 e. The third kappa shape index (κ3) is 5.51. The van der Waals surface area contributed by atoms with Gasteiger partial charge in [0, 0.05) is 63.0 Å². The standard InChI is InChI=1S/C29H42N8O/c1-35-17-29(18-35)19-36(20-29)16-22-10-12-23(13-11-22)32-26-25-27(37(21-31-25)24-8-4-5-9-24)34-28(33-26)30-14-6-2-3-7-15-38/h10-13,21,24,38H,2-9,14-20H2,1H3,(H2,30,32,33,34). The van der Waals surface area contributed by atoms with Gasteiger partial charge >= 0.3 is 0 Å². The monoisotopic (exact) mass is 518 g/mol. The summed E-state index contributed by atoms with van der Waals surface area (Å²) in [7, 11) is 2.21. The Hall–Kier alpha value is -2.75. The number of nitrogens with one attached hydrogen (secondary N) is 2. The fourth-order valence-corrected chi connectivity index (χ4v) is 6.72. The van der Waals surface area contributed by atoms with Crippen LogP contribution in [0.3, 0.4) is 0 Å². The molecule has 6 rings (SSSR count). The molecule has 3 N–H and O–H groups in total. The molecule has 3 aliphatic rings. The van der Waals surface area contributed by atoms with Crippen LogP contribution in [0.1, 0.15) is 63.0 Å². The maximum absolute atomic E-state index is 9.00. The third-order valence-corrected chi connectivity index (χ3v) is 8.46. The molecule has 1 aliphatic carbocycles. The summed E-state index contributed by atoms with van der Waals surface area (Å²) >= 11 is 0. The summed E-state index contributed by atoms with van der Waals surface area (Å²) in [5.74, 6) is 1.40. The van der Waals surface area contributed by atoms with Gasteiger partial charge in [-0.1, -0.05) is 37.8 Å². The molecule has 2 aromatic heterocycles. The Morgan fingerprint density at radius 1 is 0.974 bits per heavy atom. The van der Waals surface area contributed by atoms with E-state index in [9.17, 15) is 0 Å². The number of aliphatic hydroxyl groups is 1. The van der Waals surface area contributed by atoms with Crippen molar-refractivity contribution in [1.29, 1.82) is 0 Å². The lowest BCUT2D eigenvalue weighted by atomic mass is 9.73. The van der Waals surface area contributed by atoms with Crippen LogP contribution >= 0.6 is 0 Å². The van der Waals surface area contributed by atoms with E-state index in [4.69, 9.17) is 20.1 Å². The molecule has 9 heteroatoms. The number of unbranched alkanes of at least 4 members (excludes halogenated alkanes) is 3. The second-order valence-corrected chi connectivity index (χ2v) is 11.9. The van der Waals surface area contributed by atoms with Gasteiger partial charge in [0.05, 0.1) is 6.33 Å². The average molecular weight is 519 g/mol. The summed E-state index contributed by atoms with van der Waals surface area (Å²) in [6, 6.07) is 9.22. The van der Waals surface area contributed by atoms with E-state index in [0.29, 0.717) is 17.4 Å². The smallest absolute Gasteiger partial charge is 0.226 e. The molecular weight excluding hydrogens is 476 g/mol. The lowest BCUT2D eigenvalue weighted by Gasteiger charge is -2.59. The molecule has 9 nitrogen and oxygen atoms in total. The highest BCUT2D eigenvalue weighted by atomic mass is 16.2. The zero-order chi connectivity index (χ0) is 26.0. The first-order valence-corrected chi connectivity index (χ1v) is 14.5. The topological polar surface area (TPSA) is 94.4 Å². The van der Waals surface area contributed by atoms with Crippen molar-refractivity contribution >= 4 is 28.6 Å². The molecule has 2 saturated heterocycles. The summed E-state index contributed by atoms with van der Waals surface area (Å²) in [5, 5.41) is 16.0. The van der Waals surface area contributed by atoms with Crippen LogP contribution in [-0.4, -0.2) is 80.8 Å². The first-order valence-electron chi connectivity index (χ1n) is 14.5. The SMILES string of the molecule is CN1CC2(C1)CN(Cc1ccc(Nc3nc(NCCCCCCO)nc4c3ncn4C3CCCC3)cc1)C2. The lowest BCUT2D eigenvalue weighted by molar-refractivity contribution is -0.107. The number of hydrogen-bond acceptors (Lipinski definition) is 8. The first kappa shape index (κ1) is 25.5. The normalized spacial score (nSPS) is 19.6.